The van der Waals surface area contributed by atoms with E-state index in [0.717, 1.165) is 23.1 Å². The minimum absolute atomic E-state index is 0.198. The molecular weight excluding hydrogens is 590 g/mol. The number of ether oxygens (including phenoxy) is 4. The Morgan fingerprint density at radius 1 is 1.04 bits per heavy atom. The first-order valence-corrected chi connectivity index (χ1v) is 15.4. The van der Waals surface area contributed by atoms with Crippen LogP contribution >= 0.6 is 11.3 Å². The Morgan fingerprint density at radius 2 is 1.87 bits per heavy atom. The molecule has 1 aromatic heterocycles. The maximum Gasteiger partial charge on any atom is 0.338 e. The van der Waals surface area contributed by atoms with Crippen molar-refractivity contribution in [2.24, 2.45) is 4.99 Å². The molecule has 4 aromatic rings. The summed E-state index contributed by atoms with van der Waals surface area (Å²) in [5, 5.41) is 9.39. The molecule has 5 rings (SSSR count). The van der Waals surface area contributed by atoms with E-state index in [0.29, 0.717) is 49.8 Å². The number of thiazole rings is 1. The molecule has 0 spiro atoms. The number of nitriles is 1. The molecule has 1 atom stereocenters. The molecule has 10 heteroatoms. The van der Waals surface area contributed by atoms with Crippen molar-refractivity contribution in [2.45, 2.75) is 39.3 Å². The van der Waals surface area contributed by atoms with Gasteiger partial charge in [-0.15, -0.1) is 0 Å². The summed E-state index contributed by atoms with van der Waals surface area (Å²) in [7, 11) is 3.12. The van der Waals surface area contributed by atoms with E-state index in [9.17, 15) is 14.9 Å². The zero-order chi connectivity index (χ0) is 31.9. The Kier molecular flexibility index (Phi) is 9.80. The Bertz CT molecular complexity index is 1990. The third kappa shape index (κ3) is 6.54. The Balaban J connectivity index is 1.59. The molecule has 0 bridgehead atoms. The molecule has 0 radical (unpaired) electrons. The molecule has 0 amide bonds. The van der Waals surface area contributed by atoms with Gasteiger partial charge in [-0.25, -0.2) is 9.79 Å². The lowest BCUT2D eigenvalue weighted by Gasteiger charge is -2.26. The predicted octanol–water partition coefficient (Wildman–Crippen LogP) is 5.05. The van der Waals surface area contributed by atoms with Gasteiger partial charge in [-0.2, -0.15) is 5.26 Å². The highest BCUT2D eigenvalue weighted by Crippen LogP contribution is 2.34. The van der Waals surface area contributed by atoms with Gasteiger partial charge in [0.15, 0.2) is 16.3 Å². The number of hydrogen-bond acceptors (Lipinski definition) is 9. The molecule has 3 aromatic carbocycles. The van der Waals surface area contributed by atoms with Gasteiger partial charge in [0.1, 0.15) is 12.4 Å². The van der Waals surface area contributed by atoms with E-state index in [1.807, 2.05) is 55.5 Å². The van der Waals surface area contributed by atoms with Gasteiger partial charge in [0, 0.05) is 5.56 Å². The number of methoxy groups -OCH3 is 2. The fourth-order valence-electron chi connectivity index (χ4n) is 5.20. The van der Waals surface area contributed by atoms with Crippen LogP contribution in [0.25, 0.3) is 6.08 Å². The Labute approximate surface area is 264 Å². The molecule has 0 N–H and O–H groups in total. The van der Waals surface area contributed by atoms with E-state index in [1.165, 1.54) is 11.3 Å². The quantitative estimate of drug-likeness (QED) is 0.215. The molecule has 0 saturated carbocycles. The van der Waals surface area contributed by atoms with Gasteiger partial charge in [0.25, 0.3) is 5.56 Å². The maximum atomic E-state index is 14.1. The number of carbonyl (C=O) groups is 1. The van der Waals surface area contributed by atoms with Crippen molar-refractivity contribution in [1.82, 2.24) is 4.57 Å². The second kappa shape index (κ2) is 14.1. The van der Waals surface area contributed by atoms with Crippen molar-refractivity contribution >= 4 is 23.4 Å². The number of nitrogens with zero attached hydrogens (tertiary/aromatic N) is 3. The van der Waals surface area contributed by atoms with Crippen LogP contribution in [-0.2, 0) is 16.1 Å². The van der Waals surface area contributed by atoms with Crippen molar-refractivity contribution in [3.8, 4) is 23.3 Å². The van der Waals surface area contributed by atoms with Crippen LogP contribution < -0.4 is 29.1 Å². The topological polar surface area (TPSA) is 112 Å². The number of fused-ring (bicyclic) bond motifs is 1. The summed E-state index contributed by atoms with van der Waals surface area (Å²) in [5.41, 5.74) is 3.43. The van der Waals surface area contributed by atoms with Crippen molar-refractivity contribution in [2.75, 3.05) is 20.8 Å². The fourth-order valence-corrected chi connectivity index (χ4v) is 6.22. The normalized spacial score (nSPS) is 14.3. The average molecular weight is 624 g/mol. The van der Waals surface area contributed by atoms with Crippen molar-refractivity contribution in [3.63, 3.8) is 0 Å². The van der Waals surface area contributed by atoms with Crippen molar-refractivity contribution in [3.05, 3.63) is 120 Å². The first-order valence-electron chi connectivity index (χ1n) is 14.6. The summed E-state index contributed by atoms with van der Waals surface area (Å²) in [6.07, 6.45) is 3.09. The summed E-state index contributed by atoms with van der Waals surface area (Å²) < 4.78 is 24.6. The summed E-state index contributed by atoms with van der Waals surface area (Å²) in [6.45, 7) is 4.17. The van der Waals surface area contributed by atoms with Crippen LogP contribution in [0.2, 0.25) is 0 Å². The van der Waals surface area contributed by atoms with Gasteiger partial charge in [0.05, 0.1) is 54.3 Å². The zero-order valence-corrected chi connectivity index (χ0v) is 26.3. The van der Waals surface area contributed by atoms with E-state index < -0.39 is 12.0 Å². The second-order valence-electron chi connectivity index (χ2n) is 10.2. The van der Waals surface area contributed by atoms with E-state index in [1.54, 1.807) is 50.0 Å². The van der Waals surface area contributed by atoms with E-state index in [-0.39, 0.29) is 18.8 Å². The second-order valence-corrected chi connectivity index (χ2v) is 11.2. The monoisotopic (exact) mass is 623 g/mol. The highest BCUT2D eigenvalue weighted by molar-refractivity contribution is 7.07. The van der Waals surface area contributed by atoms with Crippen LogP contribution in [0.1, 0.15) is 55.0 Å². The summed E-state index contributed by atoms with van der Waals surface area (Å²) in [4.78, 5) is 32.8. The Morgan fingerprint density at radius 3 is 2.60 bits per heavy atom. The SMILES string of the molecule is CCCC1=C(C(=O)OCC)[C@H](c2cccc(OC)c2)n2c(s/c(=C/c3ccc(OCc4ccccc4C#N)c(OC)c3)c2=O)=N1. The standard InChI is InChI=1S/C35H33N3O6S/c1-5-10-27-31(34(40)43-6-2)32(23-13-9-14-26(19-23)41-3)38-33(39)30(45-35(38)37-27)18-22-15-16-28(29(17-22)42-4)44-21-25-12-8-7-11-24(25)20-36/h7-9,11-19,32H,5-6,10,21H2,1-4H3/b30-18+/t32-/m0/s1. The highest BCUT2D eigenvalue weighted by atomic mass is 32.1. The average Bonchev–Trinajstić information content (AvgIpc) is 3.37. The third-order valence-electron chi connectivity index (χ3n) is 7.31. The lowest BCUT2D eigenvalue weighted by Crippen LogP contribution is -2.40. The molecule has 1 aliphatic heterocycles. The van der Waals surface area contributed by atoms with Gasteiger partial charge in [-0.3, -0.25) is 9.36 Å². The number of allylic oxidation sites excluding steroid dienone is 1. The van der Waals surface area contributed by atoms with Crippen LogP contribution in [0.5, 0.6) is 17.2 Å². The number of esters is 1. The minimum Gasteiger partial charge on any atom is -0.497 e. The van der Waals surface area contributed by atoms with Gasteiger partial charge >= 0.3 is 5.97 Å². The summed E-state index contributed by atoms with van der Waals surface area (Å²) in [5.74, 6) is 1.10. The highest BCUT2D eigenvalue weighted by Gasteiger charge is 2.34. The van der Waals surface area contributed by atoms with Gasteiger partial charge < -0.3 is 18.9 Å². The third-order valence-corrected chi connectivity index (χ3v) is 8.29. The molecule has 0 aliphatic carbocycles. The number of hydrogen-bond donors (Lipinski definition) is 0. The van der Waals surface area contributed by atoms with Gasteiger partial charge in [0.2, 0.25) is 0 Å². The molecule has 0 fully saturated rings. The fraction of sp³-hybridized carbons (Fsp3) is 0.257. The van der Waals surface area contributed by atoms with Gasteiger partial charge in [-0.1, -0.05) is 61.1 Å². The van der Waals surface area contributed by atoms with Crippen molar-refractivity contribution in [1.29, 1.82) is 5.26 Å². The summed E-state index contributed by atoms with van der Waals surface area (Å²) >= 11 is 1.26. The lowest BCUT2D eigenvalue weighted by atomic mass is 9.94. The number of carbonyl (C=O) groups excluding carboxylic acids is 1. The molecule has 2 heterocycles. The minimum atomic E-state index is -0.735. The zero-order valence-electron chi connectivity index (χ0n) is 25.5. The van der Waals surface area contributed by atoms with E-state index in [2.05, 4.69) is 6.07 Å². The van der Waals surface area contributed by atoms with Crippen LogP contribution in [0.3, 0.4) is 0 Å². The molecule has 9 nitrogen and oxygen atoms in total. The molecular formula is C35H33N3O6S. The van der Waals surface area contributed by atoms with Crippen LogP contribution in [0.4, 0.5) is 0 Å². The Hall–Kier alpha value is -5.14. The first kappa shape index (κ1) is 31.3. The number of rotatable bonds is 11. The number of benzene rings is 3. The molecule has 45 heavy (non-hydrogen) atoms. The molecule has 230 valence electrons. The van der Waals surface area contributed by atoms with Crippen molar-refractivity contribution < 1.29 is 23.7 Å². The largest absolute Gasteiger partial charge is 0.497 e. The number of aromatic nitrogens is 1. The molecule has 0 saturated heterocycles. The van der Waals surface area contributed by atoms with Crippen LogP contribution in [0, 0.1) is 11.3 Å². The first-order chi connectivity index (χ1) is 21.9. The van der Waals surface area contributed by atoms with E-state index in [4.69, 9.17) is 23.9 Å². The smallest absolute Gasteiger partial charge is 0.338 e. The van der Waals surface area contributed by atoms with Crippen LogP contribution in [-0.4, -0.2) is 31.4 Å². The maximum absolute atomic E-state index is 14.1. The van der Waals surface area contributed by atoms with E-state index >= 15 is 0 Å². The van der Waals surface area contributed by atoms with Crippen LogP contribution in [0.15, 0.2) is 87.8 Å². The lowest BCUT2D eigenvalue weighted by molar-refractivity contribution is -0.139. The van der Waals surface area contributed by atoms with Gasteiger partial charge in [-0.05, 0) is 60.9 Å². The summed E-state index contributed by atoms with van der Waals surface area (Å²) in [6, 6.07) is 21.4. The molecule has 1 aliphatic rings. The molecule has 0 unspecified atom stereocenters. The predicted molar refractivity (Wildman–Crippen MR) is 171 cm³/mol.